The van der Waals surface area contributed by atoms with E-state index in [1.54, 1.807) is 6.08 Å². The minimum atomic E-state index is -0.417. The van der Waals surface area contributed by atoms with E-state index in [-0.39, 0.29) is 18.3 Å². The van der Waals surface area contributed by atoms with Gasteiger partial charge in [-0.3, -0.25) is 4.79 Å². The molecule has 128 valence electrons. The topological polar surface area (TPSA) is 43.4 Å². The van der Waals surface area contributed by atoms with E-state index in [4.69, 9.17) is 16.3 Å². The molecule has 0 amide bonds. The lowest BCUT2D eigenvalue weighted by atomic mass is 9.95. The van der Waals surface area contributed by atoms with E-state index >= 15 is 0 Å². The summed E-state index contributed by atoms with van der Waals surface area (Å²) in [6.45, 7) is 5.58. The number of ketones is 1. The van der Waals surface area contributed by atoms with Gasteiger partial charge < -0.3 is 4.74 Å². The largest absolute Gasteiger partial charge is 0.459 e. The third kappa shape index (κ3) is 4.57. The average molecular weight is 347 g/mol. The highest BCUT2D eigenvalue weighted by molar-refractivity contribution is 6.33. The number of benzene rings is 1. The summed E-state index contributed by atoms with van der Waals surface area (Å²) in [5.41, 5.74) is 2.62. The third-order valence-electron chi connectivity index (χ3n) is 4.04. The molecule has 0 saturated heterocycles. The lowest BCUT2D eigenvalue weighted by Crippen LogP contribution is -2.19. The molecule has 1 heterocycles. The summed E-state index contributed by atoms with van der Waals surface area (Å²) in [5, 5.41) is 0.467. The van der Waals surface area contributed by atoms with Gasteiger partial charge in [-0.2, -0.15) is 0 Å². The van der Waals surface area contributed by atoms with Crippen LogP contribution < -0.4 is 0 Å². The van der Waals surface area contributed by atoms with Crippen molar-refractivity contribution in [3.05, 3.63) is 57.6 Å². The van der Waals surface area contributed by atoms with Crippen molar-refractivity contribution in [3.63, 3.8) is 0 Å². The van der Waals surface area contributed by atoms with E-state index in [0.717, 1.165) is 24.0 Å². The maximum absolute atomic E-state index is 12.6. The zero-order chi connectivity index (χ0) is 17.7. The van der Waals surface area contributed by atoms with Crippen molar-refractivity contribution in [3.8, 4) is 0 Å². The van der Waals surface area contributed by atoms with Gasteiger partial charge in [-0.05, 0) is 56.4 Å². The van der Waals surface area contributed by atoms with Crippen LogP contribution in [0.25, 0.3) is 0 Å². The second-order valence-electron chi connectivity index (χ2n) is 6.22. The SMILES string of the molecule is Cc1cc(C)c2c(c1Cl)CC(=O)/C=C/CC/C=C/C[C@H](C)OC2=O. The van der Waals surface area contributed by atoms with Crippen molar-refractivity contribution in [2.75, 3.05) is 0 Å². The van der Waals surface area contributed by atoms with Crippen molar-refractivity contribution in [2.24, 2.45) is 0 Å². The number of halogens is 1. The van der Waals surface area contributed by atoms with Crippen LogP contribution in [-0.2, 0) is 16.0 Å². The number of carbonyl (C=O) groups is 2. The summed E-state index contributed by atoms with van der Waals surface area (Å²) in [7, 11) is 0. The van der Waals surface area contributed by atoms with Crippen LogP contribution in [0.1, 0.15) is 53.2 Å². The van der Waals surface area contributed by atoms with Gasteiger partial charge in [0.2, 0.25) is 0 Å². The Morgan fingerprint density at radius 2 is 1.79 bits per heavy atom. The second-order valence-corrected chi connectivity index (χ2v) is 6.60. The molecule has 1 aliphatic rings. The summed E-state index contributed by atoms with van der Waals surface area (Å²) < 4.78 is 5.55. The predicted molar refractivity (Wildman–Crippen MR) is 96.6 cm³/mol. The highest BCUT2D eigenvalue weighted by atomic mass is 35.5. The van der Waals surface area contributed by atoms with Crippen LogP contribution in [0.3, 0.4) is 0 Å². The Morgan fingerprint density at radius 1 is 1.08 bits per heavy atom. The van der Waals surface area contributed by atoms with Gasteiger partial charge in [-0.25, -0.2) is 4.79 Å². The van der Waals surface area contributed by atoms with Gasteiger partial charge in [0, 0.05) is 17.9 Å². The fraction of sp³-hybridized carbons (Fsp3) is 0.400. The van der Waals surface area contributed by atoms with E-state index in [1.807, 2.05) is 45.1 Å². The Morgan fingerprint density at radius 3 is 2.54 bits per heavy atom. The number of fused-ring (bicyclic) bond motifs is 1. The Kier molecular flexibility index (Phi) is 6.38. The highest BCUT2D eigenvalue weighted by Crippen LogP contribution is 2.29. The van der Waals surface area contributed by atoms with Crippen molar-refractivity contribution < 1.29 is 14.3 Å². The molecule has 1 aromatic rings. The number of allylic oxidation sites excluding steroid dienone is 3. The van der Waals surface area contributed by atoms with Gasteiger partial charge in [-0.15, -0.1) is 0 Å². The van der Waals surface area contributed by atoms with Crippen molar-refractivity contribution in [2.45, 2.75) is 52.6 Å². The van der Waals surface area contributed by atoms with Crippen LogP contribution in [0, 0.1) is 13.8 Å². The highest BCUT2D eigenvalue weighted by Gasteiger charge is 2.23. The minimum absolute atomic E-state index is 0.0648. The fourth-order valence-electron chi connectivity index (χ4n) is 2.83. The molecule has 2 rings (SSSR count). The first kappa shape index (κ1) is 18.5. The number of hydrogen-bond acceptors (Lipinski definition) is 3. The smallest absolute Gasteiger partial charge is 0.339 e. The lowest BCUT2D eigenvalue weighted by molar-refractivity contribution is -0.114. The number of carbonyl (C=O) groups excluding carboxylic acids is 2. The van der Waals surface area contributed by atoms with Crippen LogP contribution in [-0.4, -0.2) is 17.9 Å². The van der Waals surface area contributed by atoms with Crippen molar-refractivity contribution in [1.82, 2.24) is 0 Å². The third-order valence-corrected chi connectivity index (χ3v) is 4.57. The average Bonchev–Trinajstić information content (AvgIpc) is 2.50. The molecule has 4 heteroatoms. The summed E-state index contributed by atoms with van der Waals surface area (Å²) in [4.78, 5) is 24.9. The number of hydrogen-bond donors (Lipinski definition) is 0. The first-order valence-corrected chi connectivity index (χ1v) is 8.62. The van der Waals surface area contributed by atoms with Gasteiger partial charge in [0.15, 0.2) is 5.78 Å². The molecule has 0 N–H and O–H groups in total. The zero-order valence-electron chi connectivity index (χ0n) is 14.4. The molecule has 24 heavy (non-hydrogen) atoms. The Labute approximate surface area is 148 Å². The molecule has 0 aliphatic carbocycles. The predicted octanol–water partition coefficient (Wildman–Crippen LogP) is 4.91. The summed E-state index contributed by atoms with van der Waals surface area (Å²) in [5.74, 6) is -0.482. The number of aryl methyl sites for hydroxylation is 2. The minimum Gasteiger partial charge on any atom is -0.459 e. The van der Waals surface area contributed by atoms with Crippen LogP contribution in [0.15, 0.2) is 30.4 Å². The molecule has 1 aliphatic heterocycles. The molecule has 0 bridgehead atoms. The maximum Gasteiger partial charge on any atom is 0.339 e. The van der Waals surface area contributed by atoms with Gasteiger partial charge in [-0.1, -0.05) is 35.9 Å². The van der Waals surface area contributed by atoms with Crippen LogP contribution in [0.2, 0.25) is 5.02 Å². The molecular formula is C20H23ClO3. The molecule has 0 saturated carbocycles. The van der Waals surface area contributed by atoms with E-state index in [9.17, 15) is 9.59 Å². The molecule has 0 radical (unpaired) electrons. The quantitative estimate of drug-likeness (QED) is 0.495. The van der Waals surface area contributed by atoms with Crippen molar-refractivity contribution >= 4 is 23.4 Å². The number of rotatable bonds is 0. The lowest BCUT2D eigenvalue weighted by Gasteiger charge is -2.18. The molecular weight excluding hydrogens is 324 g/mol. The Bertz CT molecular complexity index is 701. The van der Waals surface area contributed by atoms with E-state index in [0.29, 0.717) is 22.6 Å². The molecule has 1 atom stereocenters. The maximum atomic E-state index is 12.6. The molecule has 0 spiro atoms. The molecule has 1 aromatic carbocycles. The number of esters is 1. The summed E-state index contributed by atoms with van der Waals surface area (Å²) in [6.07, 6.45) is 9.72. The monoisotopic (exact) mass is 346 g/mol. The second kappa shape index (κ2) is 8.29. The first-order chi connectivity index (χ1) is 11.4. The molecule has 0 fully saturated rings. The van der Waals surface area contributed by atoms with Gasteiger partial charge in [0.1, 0.15) is 6.10 Å². The van der Waals surface area contributed by atoms with E-state index in [1.165, 1.54) is 0 Å². The molecule has 0 unspecified atom stereocenters. The van der Waals surface area contributed by atoms with Gasteiger partial charge >= 0.3 is 5.97 Å². The first-order valence-electron chi connectivity index (χ1n) is 8.24. The van der Waals surface area contributed by atoms with E-state index < -0.39 is 5.97 Å². The van der Waals surface area contributed by atoms with Gasteiger partial charge in [0.25, 0.3) is 0 Å². The molecule has 0 aromatic heterocycles. The van der Waals surface area contributed by atoms with Crippen molar-refractivity contribution in [1.29, 1.82) is 0 Å². The summed E-state index contributed by atoms with van der Waals surface area (Å²) >= 11 is 6.41. The van der Waals surface area contributed by atoms with Crippen LogP contribution >= 0.6 is 11.6 Å². The standard InChI is InChI=1S/C20H23ClO3/c1-13-11-14(2)19(21)17-12-16(22)10-8-6-4-5-7-9-15(3)24-20(23)18(13)17/h5,7-8,10-11,15H,4,6,9,12H2,1-3H3/b7-5+,10-8+/t15-/m0/s1. The number of cyclic esters (lactones) is 1. The zero-order valence-corrected chi connectivity index (χ0v) is 15.2. The number of ether oxygens (including phenoxy) is 1. The molecule has 3 nitrogen and oxygen atoms in total. The van der Waals surface area contributed by atoms with Crippen LogP contribution in [0.5, 0.6) is 0 Å². The normalized spacial score (nSPS) is 22.2. The van der Waals surface area contributed by atoms with E-state index in [2.05, 4.69) is 0 Å². The Balaban J connectivity index is 2.49. The summed E-state index contributed by atoms with van der Waals surface area (Å²) in [6, 6.07) is 1.86. The van der Waals surface area contributed by atoms with Crippen LogP contribution in [0.4, 0.5) is 0 Å². The Hall–Kier alpha value is -1.87. The van der Waals surface area contributed by atoms with Gasteiger partial charge in [0.05, 0.1) is 5.56 Å². The fourth-order valence-corrected chi connectivity index (χ4v) is 3.05.